The van der Waals surface area contributed by atoms with Gasteiger partial charge in [0.25, 0.3) is 0 Å². The van der Waals surface area contributed by atoms with Crippen LogP contribution in [0.3, 0.4) is 0 Å². The zero-order chi connectivity index (χ0) is 20.4. The van der Waals surface area contributed by atoms with E-state index >= 15 is 0 Å². The monoisotopic (exact) mass is 378 g/mol. The molecule has 4 heteroatoms. The Kier molecular flexibility index (Phi) is 5.98. The minimum absolute atomic E-state index is 0.361. The van der Waals surface area contributed by atoms with Crippen LogP contribution in [0.15, 0.2) is 42.5 Å². The molecular weight excluding hydrogens is 350 g/mol. The molecule has 2 nitrogen and oxygen atoms in total. The van der Waals surface area contributed by atoms with E-state index in [0.29, 0.717) is 11.0 Å². The van der Waals surface area contributed by atoms with Gasteiger partial charge in [-0.05, 0) is 70.4 Å². The van der Waals surface area contributed by atoms with Crippen molar-refractivity contribution >= 4 is 12.6 Å². The van der Waals surface area contributed by atoms with Gasteiger partial charge in [-0.2, -0.15) is 0 Å². The Bertz CT molecular complexity index is 875. The summed E-state index contributed by atoms with van der Waals surface area (Å²) in [5, 5.41) is 0. The van der Waals surface area contributed by atoms with Crippen LogP contribution in [0.25, 0.3) is 0 Å². The summed E-state index contributed by atoms with van der Waals surface area (Å²) in [6, 6.07) is 13.2. The van der Waals surface area contributed by atoms with E-state index in [2.05, 4.69) is 30.9 Å². The van der Waals surface area contributed by atoms with Crippen LogP contribution in [0.4, 0.5) is 4.39 Å². The molecule has 1 aliphatic heterocycles. The van der Waals surface area contributed by atoms with Crippen LogP contribution in [0.1, 0.15) is 64.2 Å². The molecule has 2 aromatic rings. The Labute approximate surface area is 168 Å². The van der Waals surface area contributed by atoms with E-state index in [-0.39, 0.29) is 5.82 Å². The number of rotatable bonds is 4. The van der Waals surface area contributed by atoms with Crippen molar-refractivity contribution in [2.75, 3.05) is 0 Å². The first-order valence-electron chi connectivity index (χ1n) is 9.98. The van der Waals surface area contributed by atoms with Crippen molar-refractivity contribution < 1.29 is 13.7 Å². The highest BCUT2D eigenvalue weighted by molar-refractivity contribution is 6.62. The molecule has 1 saturated heterocycles. The lowest BCUT2D eigenvalue weighted by molar-refractivity contribution is 0.00578. The summed E-state index contributed by atoms with van der Waals surface area (Å²) in [6.45, 7) is 10.0. The quantitative estimate of drug-likeness (QED) is 0.558. The van der Waals surface area contributed by atoms with E-state index in [1.165, 1.54) is 24.5 Å². The number of unbranched alkanes of at least 4 members (excludes halogenated alkanes) is 1. The number of halogens is 1. The van der Waals surface area contributed by atoms with E-state index < -0.39 is 18.3 Å². The number of benzene rings is 2. The van der Waals surface area contributed by atoms with Crippen molar-refractivity contribution in [1.29, 1.82) is 0 Å². The van der Waals surface area contributed by atoms with E-state index in [9.17, 15) is 4.39 Å². The molecule has 0 bridgehead atoms. The third-order valence-electron chi connectivity index (χ3n) is 5.63. The van der Waals surface area contributed by atoms with Gasteiger partial charge in [0.05, 0.1) is 11.2 Å². The van der Waals surface area contributed by atoms with Gasteiger partial charge < -0.3 is 9.31 Å². The average molecular weight is 378 g/mol. The highest BCUT2D eigenvalue weighted by Crippen LogP contribution is 2.36. The Morgan fingerprint density at radius 1 is 0.893 bits per heavy atom. The average Bonchev–Trinajstić information content (AvgIpc) is 2.86. The lowest BCUT2D eigenvalue weighted by Gasteiger charge is -2.32. The molecule has 0 N–H and O–H groups in total. The summed E-state index contributed by atoms with van der Waals surface area (Å²) in [4.78, 5) is 0. The first kappa shape index (κ1) is 20.6. The second kappa shape index (κ2) is 8.11. The van der Waals surface area contributed by atoms with Crippen LogP contribution in [0, 0.1) is 17.7 Å². The van der Waals surface area contributed by atoms with Gasteiger partial charge in [-0.25, -0.2) is 4.39 Å². The fourth-order valence-electron chi connectivity index (χ4n) is 3.05. The molecule has 0 aromatic heterocycles. The molecule has 0 saturated carbocycles. The van der Waals surface area contributed by atoms with Gasteiger partial charge in [-0.1, -0.05) is 43.4 Å². The molecule has 0 amide bonds. The Hall–Kier alpha value is -2.09. The minimum atomic E-state index is -0.706. The Morgan fingerprint density at radius 2 is 1.46 bits per heavy atom. The SMILES string of the molecule is CCCCc1ccc(C#Cc2ccc(B3OC(C)(C)C(C)(C)O3)c(F)c2)cc1. The first-order valence-corrected chi connectivity index (χ1v) is 9.98. The maximum atomic E-state index is 14.7. The maximum Gasteiger partial charge on any atom is 0.497 e. The molecule has 146 valence electrons. The van der Waals surface area contributed by atoms with Crippen LogP contribution in [0.2, 0.25) is 0 Å². The third-order valence-corrected chi connectivity index (χ3v) is 5.63. The summed E-state index contributed by atoms with van der Waals surface area (Å²) < 4.78 is 26.6. The largest absolute Gasteiger partial charge is 0.497 e. The zero-order valence-electron chi connectivity index (χ0n) is 17.4. The number of aryl methyl sites for hydroxylation is 1. The molecule has 3 rings (SSSR count). The van der Waals surface area contributed by atoms with Crippen molar-refractivity contribution in [3.63, 3.8) is 0 Å². The van der Waals surface area contributed by atoms with Gasteiger partial charge in [0, 0.05) is 16.6 Å². The van der Waals surface area contributed by atoms with E-state index in [4.69, 9.17) is 9.31 Å². The van der Waals surface area contributed by atoms with Crippen molar-refractivity contribution in [3.8, 4) is 11.8 Å². The number of hydrogen-bond donors (Lipinski definition) is 0. The number of hydrogen-bond acceptors (Lipinski definition) is 2. The van der Waals surface area contributed by atoms with Gasteiger partial charge in [-0.15, -0.1) is 0 Å². The van der Waals surface area contributed by atoms with Crippen molar-refractivity contribution in [2.45, 2.75) is 65.1 Å². The van der Waals surface area contributed by atoms with E-state index in [0.717, 1.165) is 12.0 Å². The summed E-state index contributed by atoms with van der Waals surface area (Å²) in [5.41, 5.74) is 2.30. The van der Waals surface area contributed by atoms with Crippen LogP contribution in [-0.2, 0) is 15.7 Å². The summed E-state index contributed by atoms with van der Waals surface area (Å²) in [5.74, 6) is 5.79. The molecular formula is C24H28BFO2. The Balaban J connectivity index is 1.73. The lowest BCUT2D eigenvalue weighted by atomic mass is 9.78. The van der Waals surface area contributed by atoms with Gasteiger partial charge in [-0.3, -0.25) is 0 Å². The van der Waals surface area contributed by atoms with Gasteiger partial charge in [0.1, 0.15) is 5.82 Å². The highest BCUT2D eigenvalue weighted by atomic mass is 19.1. The van der Waals surface area contributed by atoms with Crippen LogP contribution in [-0.4, -0.2) is 18.3 Å². The molecule has 0 aliphatic carbocycles. The standard InChI is InChI=1S/C24H28BFO2/c1-6-7-8-18-9-11-19(12-10-18)13-14-20-15-16-21(22(26)17-20)25-27-23(2,3)24(4,5)28-25/h9-12,15-17H,6-8H2,1-5H3. The smallest absolute Gasteiger partial charge is 0.399 e. The van der Waals surface area contributed by atoms with Crippen molar-refractivity contribution in [1.82, 2.24) is 0 Å². The maximum absolute atomic E-state index is 14.7. The molecule has 0 spiro atoms. The predicted molar refractivity (Wildman–Crippen MR) is 113 cm³/mol. The van der Waals surface area contributed by atoms with Gasteiger partial charge in [0.15, 0.2) is 0 Å². The fraction of sp³-hybridized carbons (Fsp3) is 0.417. The highest BCUT2D eigenvalue weighted by Gasteiger charge is 2.52. The normalized spacial score (nSPS) is 17.3. The molecule has 0 radical (unpaired) electrons. The van der Waals surface area contributed by atoms with Gasteiger partial charge in [0.2, 0.25) is 0 Å². The minimum Gasteiger partial charge on any atom is -0.399 e. The molecule has 2 aromatic carbocycles. The zero-order valence-corrected chi connectivity index (χ0v) is 17.4. The van der Waals surface area contributed by atoms with Crippen molar-refractivity contribution in [3.05, 3.63) is 65.0 Å². The molecule has 1 heterocycles. The second-order valence-electron chi connectivity index (χ2n) is 8.38. The van der Waals surface area contributed by atoms with Crippen LogP contribution >= 0.6 is 0 Å². The summed E-state index contributed by atoms with van der Waals surface area (Å²) in [7, 11) is -0.706. The predicted octanol–water partition coefficient (Wildman–Crippen LogP) is 4.87. The lowest BCUT2D eigenvalue weighted by Crippen LogP contribution is -2.41. The Morgan fingerprint density at radius 3 is 2.04 bits per heavy atom. The molecule has 1 fully saturated rings. The van der Waals surface area contributed by atoms with Crippen molar-refractivity contribution in [2.24, 2.45) is 0 Å². The molecule has 0 unspecified atom stereocenters. The van der Waals surface area contributed by atoms with Gasteiger partial charge >= 0.3 is 7.12 Å². The first-order chi connectivity index (χ1) is 13.2. The van der Waals surface area contributed by atoms with E-state index in [1.54, 1.807) is 6.07 Å². The second-order valence-corrected chi connectivity index (χ2v) is 8.38. The third kappa shape index (κ3) is 4.48. The van der Waals surface area contributed by atoms with E-state index in [1.807, 2.05) is 45.9 Å². The van der Waals surface area contributed by atoms with Crippen LogP contribution < -0.4 is 5.46 Å². The summed E-state index contributed by atoms with van der Waals surface area (Å²) >= 11 is 0. The summed E-state index contributed by atoms with van der Waals surface area (Å²) in [6.07, 6.45) is 3.48. The topological polar surface area (TPSA) is 18.5 Å². The molecule has 28 heavy (non-hydrogen) atoms. The molecule has 0 atom stereocenters. The molecule has 1 aliphatic rings. The van der Waals surface area contributed by atoms with Crippen LogP contribution in [0.5, 0.6) is 0 Å². The fourth-order valence-corrected chi connectivity index (χ4v) is 3.05.